The van der Waals surface area contributed by atoms with Crippen LogP contribution in [0, 0.1) is 10.1 Å². The van der Waals surface area contributed by atoms with Gasteiger partial charge in [-0.15, -0.1) is 0 Å². The van der Waals surface area contributed by atoms with Crippen LogP contribution in [0.3, 0.4) is 0 Å². The normalized spacial score (nSPS) is 11.5. The highest BCUT2D eigenvalue weighted by Crippen LogP contribution is 2.18. The minimum atomic E-state index is -0.313. The molecule has 0 spiro atoms. The molecular formula is C14H22N2O2. The van der Waals surface area contributed by atoms with Crippen molar-refractivity contribution in [2.75, 3.05) is 6.54 Å². The lowest BCUT2D eigenvalue weighted by atomic mass is 9.98. The Morgan fingerprint density at radius 1 is 1.33 bits per heavy atom. The molecule has 0 radical (unpaired) electrons. The van der Waals surface area contributed by atoms with Gasteiger partial charge >= 0.3 is 0 Å². The highest BCUT2D eigenvalue weighted by molar-refractivity contribution is 5.39. The molecule has 100 valence electrons. The maximum Gasteiger partial charge on any atom is 0.272 e. The van der Waals surface area contributed by atoms with E-state index >= 15 is 0 Å². The maximum absolute atomic E-state index is 10.9. The fourth-order valence-electron chi connectivity index (χ4n) is 2.15. The van der Waals surface area contributed by atoms with E-state index in [2.05, 4.69) is 26.1 Å². The molecule has 1 rings (SSSR count). The molecule has 0 fully saturated rings. The zero-order valence-corrected chi connectivity index (χ0v) is 11.4. The molecule has 0 amide bonds. The van der Waals surface area contributed by atoms with Crippen molar-refractivity contribution in [1.29, 1.82) is 0 Å². The SMILES string of the molecule is CCCC(C)(C)NCCc1ccccc1[N+](=O)[O-]. The molecule has 18 heavy (non-hydrogen) atoms. The fourth-order valence-corrected chi connectivity index (χ4v) is 2.15. The summed E-state index contributed by atoms with van der Waals surface area (Å²) in [6, 6.07) is 6.94. The van der Waals surface area contributed by atoms with Gasteiger partial charge in [-0.05, 0) is 33.2 Å². The Kier molecular flexibility index (Phi) is 5.28. The van der Waals surface area contributed by atoms with E-state index in [9.17, 15) is 10.1 Å². The number of nitrogens with one attached hydrogen (secondary N) is 1. The van der Waals surface area contributed by atoms with Gasteiger partial charge in [-0.1, -0.05) is 31.5 Å². The predicted molar refractivity (Wildman–Crippen MR) is 73.8 cm³/mol. The Morgan fingerprint density at radius 3 is 2.61 bits per heavy atom. The smallest absolute Gasteiger partial charge is 0.272 e. The van der Waals surface area contributed by atoms with Crippen LogP contribution in [-0.2, 0) is 6.42 Å². The summed E-state index contributed by atoms with van der Waals surface area (Å²) >= 11 is 0. The Bertz CT molecular complexity index is 403. The average Bonchev–Trinajstić information content (AvgIpc) is 2.29. The van der Waals surface area contributed by atoms with Crippen molar-refractivity contribution < 1.29 is 4.92 Å². The fraction of sp³-hybridized carbons (Fsp3) is 0.571. The first-order valence-corrected chi connectivity index (χ1v) is 6.43. The molecule has 1 N–H and O–H groups in total. The predicted octanol–water partition coefficient (Wildman–Crippen LogP) is 3.31. The Labute approximate surface area is 109 Å². The highest BCUT2D eigenvalue weighted by atomic mass is 16.6. The zero-order valence-electron chi connectivity index (χ0n) is 11.4. The third kappa shape index (κ3) is 4.45. The van der Waals surface area contributed by atoms with Crippen molar-refractivity contribution in [3.05, 3.63) is 39.9 Å². The minimum Gasteiger partial charge on any atom is -0.311 e. The molecule has 0 aliphatic rings. The van der Waals surface area contributed by atoms with Gasteiger partial charge in [0.15, 0.2) is 0 Å². The van der Waals surface area contributed by atoms with Gasteiger partial charge in [-0.3, -0.25) is 10.1 Å². The summed E-state index contributed by atoms with van der Waals surface area (Å²) in [5.74, 6) is 0. The van der Waals surface area contributed by atoms with Crippen molar-refractivity contribution in [1.82, 2.24) is 5.32 Å². The summed E-state index contributed by atoms with van der Waals surface area (Å²) in [6.45, 7) is 7.25. The highest BCUT2D eigenvalue weighted by Gasteiger charge is 2.16. The first kappa shape index (κ1) is 14.6. The van der Waals surface area contributed by atoms with Gasteiger partial charge in [-0.2, -0.15) is 0 Å². The van der Waals surface area contributed by atoms with E-state index in [1.165, 1.54) is 0 Å². The topological polar surface area (TPSA) is 55.2 Å². The van der Waals surface area contributed by atoms with Gasteiger partial charge < -0.3 is 5.32 Å². The van der Waals surface area contributed by atoms with E-state index < -0.39 is 0 Å². The van der Waals surface area contributed by atoms with E-state index in [0.29, 0.717) is 6.42 Å². The van der Waals surface area contributed by atoms with Gasteiger partial charge in [0.25, 0.3) is 5.69 Å². The second kappa shape index (κ2) is 6.50. The number of hydrogen-bond donors (Lipinski definition) is 1. The summed E-state index contributed by atoms with van der Waals surface area (Å²) in [6.07, 6.45) is 2.92. The van der Waals surface area contributed by atoms with Crippen molar-refractivity contribution >= 4 is 5.69 Å². The molecule has 0 heterocycles. The molecule has 0 aromatic heterocycles. The van der Waals surface area contributed by atoms with Crippen LogP contribution >= 0.6 is 0 Å². The molecule has 0 saturated heterocycles. The number of nitrogens with zero attached hydrogens (tertiary/aromatic N) is 1. The second-order valence-electron chi connectivity index (χ2n) is 5.20. The van der Waals surface area contributed by atoms with Crippen LogP contribution in [0.1, 0.15) is 39.2 Å². The monoisotopic (exact) mass is 250 g/mol. The van der Waals surface area contributed by atoms with Gasteiger partial charge in [-0.25, -0.2) is 0 Å². The van der Waals surface area contributed by atoms with E-state index in [0.717, 1.165) is 24.9 Å². The average molecular weight is 250 g/mol. The van der Waals surface area contributed by atoms with E-state index in [4.69, 9.17) is 0 Å². The Hall–Kier alpha value is -1.42. The number of nitro groups is 1. The van der Waals surface area contributed by atoms with Crippen molar-refractivity contribution in [2.24, 2.45) is 0 Å². The van der Waals surface area contributed by atoms with Crippen LogP contribution in [0.15, 0.2) is 24.3 Å². The Balaban J connectivity index is 2.56. The third-order valence-electron chi connectivity index (χ3n) is 3.06. The molecule has 0 atom stereocenters. The molecule has 4 nitrogen and oxygen atoms in total. The first-order chi connectivity index (χ1) is 8.46. The number of rotatable bonds is 7. The molecule has 1 aromatic rings. The minimum absolute atomic E-state index is 0.0955. The van der Waals surface area contributed by atoms with Crippen molar-refractivity contribution in [3.63, 3.8) is 0 Å². The van der Waals surface area contributed by atoms with Crippen LogP contribution in [-0.4, -0.2) is 17.0 Å². The summed E-state index contributed by atoms with van der Waals surface area (Å²) in [7, 11) is 0. The molecule has 0 bridgehead atoms. The molecule has 1 aromatic carbocycles. The standard InChI is InChI=1S/C14H22N2O2/c1-4-10-14(2,3)15-11-9-12-7-5-6-8-13(12)16(17)18/h5-8,15H,4,9-11H2,1-3H3. The van der Waals surface area contributed by atoms with Gasteiger partial charge in [0.2, 0.25) is 0 Å². The van der Waals surface area contributed by atoms with Gasteiger partial charge in [0.05, 0.1) is 4.92 Å². The lowest BCUT2D eigenvalue weighted by molar-refractivity contribution is -0.385. The quantitative estimate of drug-likeness (QED) is 0.596. The summed E-state index contributed by atoms with van der Waals surface area (Å²) in [5.41, 5.74) is 1.10. The van der Waals surface area contributed by atoms with Crippen LogP contribution in [0.5, 0.6) is 0 Å². The first-order valence-electron chi connectivity index (χ1n) is 6.43. The summed E-state index contributed by atoms with van der Waals surface area (Å²) < 4.78 is 0. The Morgan fingerprint density at radius 2 is 2.00 bits per heavy atom. The summed E-state index contributed by atoms with van der Waals surface area (Å²) in [5, 5.41) is 14.3. The van der Waals surface area contributed by atoms with E-state index in [1.54, 1.807) is 12.1 Å². The molecule has 4 heteroatoms. The van der Waals surface area contributed by atoms with Crippen LogP contribution in [0.4, 0.5) is 5.69 Å². The maximum atomic E-state index is 10.9. The molecule has 0 aliphatic carbocycles. The number of hydrogen-bond acceptors (Lipinski definition) is 3. The van der Waals surface area contributed by atoms with Crippen LogP contribution in [0.2, 0.25) is 0 Å². The largest absolute Gasteiger partial charge is 0.311 e. The molecule has 0 unspecified atom stereocenters. The zero-order chi connectivity index (χ0) is 13.6. The number of para-hydroxylation sites is 1. The van der Waals surface area contributed by atoms with Crippen molar-refractivity contribution in [2.45, 2.75) is 45.6 Å². The number of nitro benzene ring substituents is 1. The van der Waals surface area contributed by atoms with Crippen LogP contribution < -0.4 is 5.32 Å². The number of benzene rings is 1. The third-order valence-corrected chi connectivity index (χ3v) is 3.06. The van der Waals surface area contributed by atoms with E-state index in [-0.39, 0.29) is 16.1 Å². The lowest BCUT2D eigenvalue weighted by Crippen LogP contribution is -2.40. The molecular weight excluding hydrogens is 228 g/mol. The lowest BCUT2D eigenvalue weighted by Gasteiger charge is -2.25. The van der Waals surface area contributed by atoms with Gasteiger partial charge in [0.1, 0.15) is 0 Å². The second-order valence-corrected chi connectivity index (χ2v) is 5.20. The van der Waals surface area contributed by atoms with E-state index in [1.807, 2.05) is 12.1 Å². The van der Waals surface area contributed by atoms with Crippen molar-refractivity contribution in [3.8, 4) is 0 Å². The van der Waals surface area contributed by atoms with Crippen LogP contribution in [0.25, 0.3) is 0 Å². The molecule has 0 aliphatic heterocycles. The molecule has 0 saturated carbocycles. The van der Waals surface area contributed by atoms with Gasteiger partial charge in [0, 0.05) is 17.2 Å². The summed E-state index contributed by atoms with van der Waals surface area (Å²) in [4.78, 5) is 10.6.